The smallest absolute Gasteiger partial charge is 0.273 e. The Bertz CT molecular complexity index is 667. The van der Waals surface area contributed by atoms with E-state index in [1.54, 1.807) is 5.51 Å². The molecule has 2 saturated heterocycles. The van der Waals surface area contributed by atoms with E-state index in [-0.39, 0.29) is 5.91 Å². The van der Waals surface area contributed by atoms with Gasteiger partial charge < -0.3 is 4.90 Å². The van der Waals surface area contributed by atoms with Gasteiger partial charge in [0.1, 0.15) is 5.69 Å². The van der Waals surface area contributed by atoms with Crippen molar-refractivity contribution in [3.05, 3.63) is 34.5 Å². The standard InChI is InChI=1S/C15H19N5OS/c1-18-7-11(6-17-18)8-19-4-2-14-13(19)3-5-20(14)15(21)12-9-22-10-16-12/h6-7,9-10,13-14H,2-5,8H2,1H3/t13-,14+/m0/s1. The molecule has 2 aliphatic rings. The van der Waals surface area contributed by atoms with E-state index in [2.05, 4.69) is 21.2 Å². The summed E-state index contributed by atoms with van der Waals surface area (Å²) < 4.78 is 1.84. The molecule has 22 heavy (non-hydrogen) atoms. The van der Waals surface area contributed by atoms with Crippen molar-refractivity contribution in [3.8, 4) is 0 Å². The van der Waals surface area contributed by atoms with Gasteiger partial charge in [-0.25, -0.2) is 4.98 Å². The third kappa shape index (κ3) is 2.34. The lowest BCUT2D eigenvalue weighted by molar-refractivity contribution is 0.0727. The predicted molar refractivity (Wildman–Crippen MR) is 83.6 cm³/mol. The lowest BCUT2D eigenvalue weighted by Gasteiger charge is -2.25. The van der Waals surface area contributed by atoms with E-state index in [0.717, 1.165) is 32.5 Å². The van der Waals surface area contributed by atoms with Gasteiger partial charge in [-0.2, -0.15) is 5.10 Å². The summed E-state index contributed by atoms with van der Waals surface area (Å²) in [6, 6.07) is 0.814. The Hall–Kier alpha value is -1.73. The van der Waals surface area contributed by atoms with Crippen molar-refractivity contribution in [3.63, 3.8) is 0 Å². The SMILES string of the molecule is Cn1cc(CN2CC[C@@H]3[C@@H]2CCN3C(=O)c2cscn2)cn1. The second kappa shape index (κ2) is 5.48. The van der Waals surface area contributed by atoms with Crippen LogP contribution in [0.15, 0.2) is 23.3 Å². The van der Waals surface area contributed by atoms with Crippen molar-refractivity contribution in [2.24, 2.45) is 7.05 Å². The van der Waals surface area contributed by atoms with Crippen molar-refractivity contribution < 1.29 is 4.79 Å². The number of likely N-dealkylation sites (tertiary alicyclic amines) is 2. The first-order valence-electron chi connectivity index (χ1n) is 7.63. The highest BCUT2D eigenvalue weighted by Gasteiger charge is 2.44. The highest BCUT2D eigenvalue weighted by molar-refractivity contribution is 7.07. The average Bonchev–Trinajstić information content (AvgIpc) is 3.24. The van der Waals surface area contributed by atoms with Gasteiger partial charge in [-0.05, 0) is 12.8 Å². The maximum atomic E-state index is 12.6. The zero-order chi connectivity index (χ0) is 15.1. The maximum absolute atomic E-state index is 12.6. The van der Waals surface area contributed by atoms with Crippen LogP contribution in [0.4, 0.5) is 0 Å². The molecule has 116 valence electrons. The van der Waals surface area contributed by atoms with Crippen molar-refractivity contribution in [1.82, 2.24) is 24.6 Å². The summed E-state index contributed by atoms with van der Waals surface area (Å²) in [4.78, 5) is 21.3. The number of hydrogen-bond acceptors (Lipinski definition) is 5. The fraction of sp³-hybridized carbons (Fsp3) is 0.533. The Morgan fingerprint density at radius 3 is 2.95 bits per heavy atom. The molecule has 4 rings (SSSR count). The van der Waals surface area contributed by atoms with Gasteiger partial charge in [-0.15, -0.1) is 11.3 Å². The largest absolute Gasteiger partial charge is 0.333 e. The van der Waals surface area contributed by atoms with E-state index in [0.29, 0.717) is 17.8 Å². The minimum Gasteiger partial charge on any atom is -0.333 e. The minimum absolute atomic E-state index is 0.0944. The Morgan fingerprint density at radius 1 is 1.36 bits per heavy atom. The second-order valence-electron chi connectivity index (χ2n) is 6.08. The van der Waals surface area contributed by atoms with E-state index in [9.17, 15) is 4.79 Å². The highest BCUT2D eigenvalue weighted by Crippen LogP contribution is 2.33. The van der Waals surface area contributed by atoms with E-state index in [4.69, 9.17) is 0 Å². The van der Waals surface area contributed by atoms with E-state index < -0.39 is 0 Å². The number of fused-ring (bicyclic) bond motifs is 1. The van der Waals surface area contributed by atoms with Crippen LogP contribution in [0.2, 0.25) is 0 Å². The van der Waals surface area contributed by atoms with Crippen molar-refractivity contribution in [2.75, 3.05) is 13.1 Å². The minimum atomic E-state index is 0.0944. The van der Waals surface area contributed by atoms with Gasteiger partial charge >= 0.3 is 0 Å². The van der Waals surface area contributed by atoms with Crippen molar-refractivity contribution in [2.45, 2.75) is 31.5 Å². The summed E-state index contributed by atoms with van der Waals surface area (Å²) >= 11 is 1.48. The number of hydrogen-bond donors (Lipinski definition) is 0. The molecule has 0 saturated carbocycles. The quantitative estimate of drug-likeness (QED) is 0.858. The van der Waals surface area contributed by atoms with Gasteiger partial charge in [0.25, 0.3) is 5.91 Å². The molecule has 2 fully saturated rings. The third-order valence-corrected chi connectivity index (χ3v) is 5.33. The summed E-state index contributed by atoms with van der Waals surface area (Å²) in [7, 11) is 1.94. The molecule has 0 bridgehead atoms. The summed E-state index contributed by atoms with van der Waals surface area (Å²) in [5.41, 5.74) is 3.56. The number of aromatic nitrogens is 3. The lowest BCUT2D eigenvalue weighted by atomic mass is 10.1. The summed E-state index contributed by atoms with van der Waals surface area (Å²) in [6.07, 6.45) is 6.11. The molecule has 2 aromatic heterocycles. The van der Waals surface area contributed by atoms with Crippen LogP contribution in [0, 0.1) is 0 Å². The van der Waals surface area contributed by atoms with Crippen LogP contribution in [0.25, 0.3) is 0 Å². The molecule has 0 aromatic carbocycles. The van der Waals surface area contributed by atoms with Crippen LogP contribution in [-0.4, -0.2) is 55.6 Å². The Morgan fingerprint density at radius 2 is 2.23 bits per heavy atom. The van der Waals surface area contributed by atoms with Crippen LogP contribution in [0.1, 0.15) is 28.9 Å². The number of nitrogens with zero attached hydrogens (tertiary/aromatic N) is 5. The van der Waals surface area contributed by atoms with Crippen LogP contribution in [0.3, 0.4) is 0 Å². The molecule has 0 unspecified atom stereocenters. The number of rotatable bonds is 3. The van der Waals surface area contributed by atoms with E-state index in [1.165, 1.54) is 16.9 Å². The normalized spacial score (nSPS) is 24.9. The Labute approximate surface area is 133 Å². The Balaban J connectivity index is 1.46. The molecule has 0 aliphatic carbocycles. The average molecular weight is 317 g/mol. The van der Waals surface area contributed by atoms with Crippen LogP contribution in [-0.2, 0) is 13.6 Å². The van der Waals surface area contributed by atoms with Gasteiger partial charge in [-0.3, -0.25) is 14.4 Å². The fourth-order valence-electron chi connectivity index (χ4n) is 3.78. The first-order chi connectivity index (χ1) is 10.7. The van der Waals surface area contributed by atoms with Crippen molar-refractivity contribution in [1.29, 1.82) is 0 Å². The number of thiazole rings is 1. The van der Waals surface area contributed by atoms with Crippen LogP contribution < -0.4 is 0 Å². The number of carbonyl (C=O) groups excluding carboxylic acids is 1. The highest BCUT2D eigenvalue weighted by atomic mass is 32.1. The monoisotopic (exact) mass is 317 g/mol. The number of amides is 1. The first-order valence-corrected chi connectivity index (χ1v) is 8.57. The van der Waals surface area contributed by atoms with E-state index >= 15 is 0 Å². The zero-order valence-corrected chi connectivity index (χ0v) is 13.4. The fourth-order valence-corrected chi connectivity index (χ4v) is 4.30. The van der Waals surface area contributed by atoms with Gasteiger partial charge in [-0.1, -0.05) is 0 Å². The number of aryl methyl sites for hydroxylation is 1. The molecular formula is C15H19N5OS. The van der Waals surface area contributed by atoms with Gasteiger partial charge in [0.05, 0.1) is 11.7 Å². The molecular weight excluding hydrogens is 298 g/mol. The third-order valence-electron chi connectivity index (χ3n) is 4.75. The summed E-state index contributed by atoms with van der Waals surface area (Å²) in [5.74, 6) is 0.0944. The molecule has 6 nitrogen and oxygen atoms in total. The predicted octanol–water partition coefficient (Wildman–Crippen LogP) is 1.37. The van der Waals surface area contributed by atoms with Gasteiger partial charge in [0, 0.05) is 55.9 Å². The zero-order valence-electron chi connectivity index (χ0n) is 12.6. The summed E-state index contributed by atoms with van der Waals surface area (Å²) in [5, 5.41) is 6.08. The van der Waals surface area contributed by atoms with Crippen LogP contribution >= 0.6 is 11.3 Å². The second-order valence-corrected chi connectivity index (χ2v) is 6.80. The molecule has 7 heteroatoms. The molecule has 0 N–H and O–H groups in total. The molecule has 2 atom stereocenters. The molecule has 2 aliphatic heterocycles. The number of carbonyl (C=O) groups is 1. The first kappa shape index (κ1) is 13.9. The topological polar surface area (TPSA) is 54.3 Å². The molecule has 1 amide bonds. The van der Waals surface area contributed by atoms with Gasteiger partial charge in [0.2, 0.25) is 0 Å². The van der Waals surface area contributed by atoms with Crippen LogP contribution in [0.5, 0.6) is 0 Å². The van der Waals surface area contributed by atoms with Crippen molar-refractivity contribution >= 4 is 17.2 Å². The van der Waals surface area contributed by atoms with Gasteiger partial charge in [0.15, 0.2) is 0 Å². The molecule has 2 aromatic rings. The van der Waals surface area contributed by atoms with E-state index in [1.807, 2.05) is 28.2 Å². The maximum Gasteiger partial charge on any atom is 0.273 e. The molecule has 0 spiro atoms. The lowest BCUT2D eigenvalue weighted by Crippen LogP contribution is -2.39. The molecule has 4 heterocycles. The Kier molecular flexibility index (Phi) is 3.46. The molecule has 0 radical (unpaired) electrons. The summed E-state index contributed by atoms with van der Waals surface area (Å²) in [6.45, 7) is 2.81.